The first-order chi connectivity index (χ1) is 9.74. The summed E-state index contributed by atoms with van der Waals surface area (Å²) in [7, 11) is 0. The van der Waals surface area contributed by atoms with Gasteiger partial charge >= 0.3 is 0 Å². The van der Waals surface area contributed by atoms with Gasteiger partial charge in [-0.05, 0) is 18.6 Å². The third-order valence-electron chi connectivity index (χ3n) is 2.62. The fourth-order valence-corrected chi connectivity index (χ4v) is 1.63. The van der Waals surface area contributed by atoms with E-state index in [1.165, 1.54) is 24.7 Å². The first-order valence-corrected chi connectivity index (χ1v) is 6.92. The Hall–Kier alpha value is -1.88. The van der Waals surface area contributed by atoms with E-state index < -0.39 is 0 Å². The summed E-state index contributed by atoms with van der Waals surface area (Å²) in [6.45, 7) is 2.20. The van der Waals surface area contributed by atoms with Crippen molar-refractivity contribution in [3.63, 3.8) is 0 Å². The summed E-state index contributed by atoms with van der Waals surface area (Å²) in [5, 5.41) is 10.2. The normalized spacial score (nSPS) is 9.10. The second kappa shape index (κ2) is 13.5. The molecule has 0 unspecified atom stereocenters. The Morgan fingerprint density at radius 3 is 2.30 bits per heavy atom. The van der Waals surface area contributed by atoms with Crippen molar-refractivity contribution in [1.29, 1.82) is 0 Å². The summed E-state index contributed by atoms with van der Waals surface area (Å²) in [6, 6.07) is 9.62. The second-order valence-electron chi connectivity index (χ2n) is 4.33. The molecule has 0 aliphatic heterocycles. The number of carbonyl (C=O) groups is 2. The lowest BCUT2D eigenvalue weighted by atomic mass is 10.1. The highest BCUT2D eigenvalue weighted by molar-refractivity contribution is 5.90. The van der Waals surface area contributed by atoms with E-state index in [-0.39, 0.29) is 12.3 Å². The molecule has 1 aromatic rings. The van der Waals surface area contributed by atoms with Crippen molar-refractivity contribution >= 4 is 18.0 Å². The van der Waals surface area contributed by atoms with Crippen LogP contribution >= 0.6 is 0 Å². The van der Waals surface area contributed by atoms with Crippen LogP contribution in [0, 0.1) is 0 Å². The summed E-state index contributed by atoms with van der Waals surface area (Å²) in [6.07, 6.45) is 6.75. The van der Waals surface area contributed by atoms with E-state index in [0.717, 1.165) is 18.5 Å². The van der Waals surface area contributed by atoms with Gasteiger partial charge in [0.05, 0.1) is 0 Å². The van der Waals surface area contributed by atoms with Gasteiger partial charge in [-0.1, -0.05) is 50.8 Å². The third-order valence-corrected chi connectivity index (χ3v) is 2.62. The maximum atomic E-state index is 11.5. The minimum atomic E-state index is 0.127. The predicted molar refractivity (Wildman–Crippen MR) is 79.4 cm³/mol. The van der Waals surface area contributed by atoms with Crippen LogP contribution in [-0.4, -0.2) is 17.5 Å². The Bertz CT molecular complexity index is 355. The quantitative estimate of drug-likeness (QED) is 0.296. The van der Waals surface area contributed by atoms with E-state index in [1.54, 1.807) is 0 Å². The van der Waals surface area contributed by atoms with Crippen molar-refractivity contribution in [1.82, 2.24) is 5.48 Å². The number of nitrogens with one attached hydrogen (secondary N) is 2. The van der Waals surface area contributed by atoms with Gasteiger partial charge in [-0.3, -0.25) is 14.8 Å². The molecule has 0 saturated heterocycles. The van der Waals surface area contributed by atoms with E-state index in [1.807, 2.05) is 30.3 Å². The number of hydrogen-bond donors (Lipinski definition) is 3. The maximum Gasteiger partial charge on any atom is 0.230 e. The number of para-hydroxylation sites is 1. The summed E-state index contributed by atoms with van der Waals surface area (Å²) >= 11 is 0. The monoisotopic (exact) mass is 280 g/mol. The molecule has 0 bridgehead atoms. The SMILES string of the molecule is CCCCCCCC(=O)Nc1ccccc1.O=CNO. The second-order valence-corrected chi connectivity index (χ2v) is 4.33. The number of hydroxylamine groups is 1. The Morgan fingerprint density at radius 1 is 1.15 bits per heavy atom. The highest BCUT2D eigenvalue weighted by Gasteiger charge is 2.00. The molecule has 1 rings (SSSR count). The molecule has 1 aromatic carbocycles. The lowest BCUT2D eigenvalue weighted by Crippen LogP contribution is -2.10. The van der Waals surface area contributed by atoms with Crippen LogP contribution < -0.4 is 10.8 Å². The van der Waals surface area contributed by atoms with E-state index in [9.17, 15) is 4.79 Å². The highest BCUT2D eigenvalue weighted by atomic mass is 16.5. The maximum absolute atomic E-state index is 11.5. The number of amides is 2. The highest BCUT2D eigenvalue weighted by Crippen LogP contribution is 2.08. The molecule has 0 aliphatic rings. The zero-order valence-electron chi connectivity index (χ0n) is 12.0. The first-order valence-electron chi connectivity index (χ1n) is 6.92. The molecule has 5 heteroatoms. The van der Waals surface area contributed by atoms with Gasteiger partial charge in [-0.25, -0.2) is 5.48 Å². The molecular formula is C15H24N2O3. The van der Waals surface area contributed by atoms with Crippen molar-refractivity contribution in [3.05, 3.63) is 30.3 Å². The van der Waals surface area contributed by atoms with Crippen molar-refractivity contribution in [2.24, 2.45) is 0 Å². The van der Waals surface area contributed by atoms with Crippen LogP contribution in [0.5, 0.6) is 0 Å². The van der Waals surface area contributed by atoms with Crippen molar-refractivity contribution in [2.75, 3.05) is 5.32 Å². The average molecular weight is 280 g/mol. The van der Waals surface area contributed by atoms with E-state index in [4.69, 9.17) is 10.0 Å². The van der Waals surface area contributed by atoms with Crippen molar-refractivity contribution in [3.8, 4) is 0 Å². The molecule has 0 atom stereocenters. The molecule has 0 aliphatic carbocycles. The van der Waals surface area contributed by atoms with E-state index in [0.29, 0.717) is 6.42 Å². The molecule has 2 amide bonds. The summed E-state index contributed by atoms with van der Waals surface area (Å²) in [5.74, 6) is 0.127. The van der Waals surface area contributed by atoms with Gasteiger partial charge in [-0.15, -0.1) is 0 Å². The van der Waals surface area contributed by atoms with Gasteiger partial charge in [0.2, 0.25) is 12.3 Å². The molecule has 5 nitrogen and oxygen atoms in total. The van der Waals surface area contributed by atoms with Gasteiger partial charge in [0, 0.05) is 12.1 Å². The largest absolute Gasteiger partial charge is 0.326 e. The van der Waals surface area contributed by atoms with Gasteiger partial charge in [0.15, 0.2) is 0 Å². The number of hydrogen-bond acceptors (Lipinski definition) is 3. The van der Waals surface area contributed by atoms with Crippen molar-refractivity contribution < 1.29 is 14.8 Å². The Kier molecular flexibility index (Phi) is 12.3. The Morgan fingerprint density at radius 2 is 1.75 bits per heavy atom. The molecule has 20 heavy (non-hydrogen) atoms. The summed E-state index contributed by atoms with van der Waals surface area (Å²) in [4.78, 5) is 20.3. The lowest BCUT2D eigenvalue weighted by Gasteiger charge is -2.04. The number of benzene rings is 1. The smallest absolute Gasteiger partial charge is 0.230 e. The van der Waals surface area contributed by atoms with Gasteiger partial charge in [-0.2, -0.15) is 0 Å². The lowest BCUT2D eigenvalue weighted by molar-refractivity contribution is -0.117. The first kappa shape index (κ1) is 18.1. The molecule has 0 aromatic heterocycles. The zero-order valence-corrected chi connectivity index (χ0v) is 12.0. The average Bonchev–Trinajstić information content (AvgIpc) is 2.48. The Labute approximate surface area is 120 Å². The number of unbranched alkanes of at least 4 members (excludes halogenated alkanes) is 4. The van der Waals surface area contributed by atoms with E-state index in [2.05, 4.69) is 12.2 Å². The number of anilines is 1. The van der Waals surface area contributed by atoms with Crippen LogP contribution in [0.4, 0.5) is 5.69 Å². The Balaban J connectivity index is 0.000000796. The van der Waals surface area contributed by atoms with Crippen LogP contribution in [0.15, 0.2) is 30.3 Å². The minimum absolute atomic E-state index is 0.127. The molecule has 112 valence electrons. The standard InChI is InChI=1S/C14H21NO.CH3NO2/c1-2-3-4-5-9-12-14(16)15-13-10-7-6-8-11-13;3-1-2-4/h6-8,10-11H,2-5,9,12H2,1H3,(H,15,16);1,4H,(H,2,3). The van der Waals surface area contributed by atoms with Crippen LogP contribution in [0.25, 0.3) is 0 Å². The van der Waals surface area contributed by atoms with Crippen LogP contribution in [0.2, 0.25) is 0 Å². The van der Waals surface area contributed by atoms with Gasteiger partial charge in [0.25, 0.3) is 0 Å². The number of carbonyl (C=O) groups excluding carboxylic acids is 2. The topological polar surface area (TPSA) is 78.4 Å². The van der Waals surface area contributed by atoms with E-state index >= 15 is 0 Å². The summed E-state index contributed by atoms with van der Waals surface area (Å²) in [5.41, 5.74) is 2.14. The molecule has 0 spiro atoms. The molecule has 0 fully saturated rings. The minimum Gasteiger partial charge on any atom is -0.326 e. The molecular weight excluding hydrogens is 256 g/mol. The molecule has 0 radical (unpaired) electrons. The number of rotatable bonds is 8. The predicted octanol–water partition coefficient (Wildman–Crippen LogP) is 3.11. The zero-order chi connectivity index (χ0) is 15.1. The molecule has 3 N–H and O–H groups in total. The van der Waals surface area contributed by atoms with Gasteiger partial charge in [0.1, 0.15) is 0 Å². The fourth-order valence-electron chi connectivity index (χ4n) is 1.63. The van der Waals surface area contributed by atoms with Crippen molar-refractivity contribution in [2.45, 2.75) is 45.4 Å². The van der Waals surface area contributed by atoms with Crippen LogP contribution in [-0.2, 0) is 9.59 Å². The van der Waals surface area contributed by atoms with Crippen LogP contribution in [0.3, 0.4) is 0 Å². The molecule has 0 heterocycles. The summed E-state index contributed by atoms with van der Waals surface area (Å²) < 4.78 is 0. The fraction of sp³-hybridized carbons (Fsp3) is 0.467. The third kappa shape index (κ3) is 11.2. The molecule has 0 saturated carbocycles. The van der Waals surface area contributed by atoms with Crippen LogP contribution in [0.1, 0.15) is 45.4 Å². The van der Waals surface area contributed by atoms with Gasteiger partial charge < -0.3 is 5.32 Å².